The Morgan fingerprint density at radius 3 is 2.43 bits per heavy atom. The summed E-state index contributed by atoms with van der Waals surface area (Å²) in [5, 5.41) is 0. The number of pyridine rings is 1. The zero-order valence-electron chi connectivity index (χ0n) is 12.2. The molecule has 2 aromatic rings. The smallest absolute Gasteiger partial charge is 0.260 e. The molecular formula is C16H17BrN2O2. The van der Waals surface area contributed by atoms with Crippen LogP contribution in [0.2, 0.25) is 0 Å². The Morgan fingerprint density at radius 2 is 1.81 bits per heavy atom. The van der Waals surface area contributed by atoms with Crippen molar-refractivity contribution in [1.29, 1.82) is 0 Å². The van der Waals surface area contributed by atoms with Gasteiger partial charge in [0, 0.05) is 24.3 Å². The predicted octanol–water partition coefficient (Wildman–Crippen LogP) is 3.03. The Morgan fingerprint density at radius 1 is 1.19 bits per heavy atom. The number of aryl methyl sites for hydroxylation is 2. The van der Waals surface area contributed by atoms with Crippen LogP contribution in [-0.4, -0.2) is 22.8 Å². The SMILES string of the molecule is Cc1cc(C)cc(CN(C)C(=O)c2cc(Br)c[nH]c2=O)c1. The monoisotopic (exact) mass is 348 g/mol. The summed E-state index contributed by atoms with van der Waals surface area (Å²) in [4.78, 5) is 28.2. The molecule has 1 N–H and O–H groups in total. The van der Waals surface area contributed by atoms with Crippen LogP contribution < -0.4 is 5.56 Å². The fraction of sp³-hybridized carbons (Fsp3) is 0.250. The highest BCUT2D eigenvalue weighted by Gasteiger charge is 2.16. The molecule has 0 bridgehead atoms. The maximum atomic E-state index is 12.4. The number of nitrogens with one attached hydrogen (secondary N) is 1. The first-order valence-electron chi connectivity index (χ1n) is 6.57. The van der Waals surface area contributed by atoms with Crippen LogP contribution in [0.15, 0.2) is 39.7 Å². The fourth-order valence-corrected chi connectivity index (χ4v) is 2.67. The Labute approximate surface area is 131 Å². The number of carbonyl (C=O) groups excluding carboxylic acids is 1. The third-order valence-electron chi connectivity index (χ3n) is 3.15. The first-order valence-corrected chi connectivity index (χ1v) is 7.37. The standard InChI is InChI=1S/C16H17BrN2O2/c1-10-4-11(2)6-12(5-10)9-19(3)16(21)14-7-13(17)8-18-15(14)20/h4-8H,9H2,1-3H3,(H,18,20). The summed E-state index contributed by atoms with van der Waals surface area (Å²) in [6.07, 6.45) is 1.52. The van der Waals surface area contributed by atoms with Crippen LogP contribution in [0.1, 0.15) is 27.0 Å². The van der Waals surface area contributed by atoms with Gasteiger partial charge in [-0.2, -0.15) is 0 Å². The van der Waals surface area contributed by atoms with E-state index in [1.165, 1.54) is 6.20 Å². The Kier molecular flexibility index (Phi) is 4.63. The summed E-state index contributed by atoms with van der Waals surface area (Å²) in [6.45, 7) is 4.52. The number of hydrogen-bond donors (Lipinski definition) is 1. The van der Waals surface area contributed by atoms with E-state index in [9.17, 15) is 9.59 Å². The highest BCUT2D eigenvalue weighted by Crippen LogP contribution is 2.13. The van der Waals surface area contributed by atoms with Gasteiger partial charge in [-0.05, 0) is 41.4 Å². The lowest BCUT2D eigenvalue weighted by Crippen LogP contribution is -2.31. The summed E-state index contributed by atoms with van der Waals surface area (Å²) in [5.74, 6) is -0.295. The minimum atomic E-state index is -0.379. The molecule has 0 aliphatic carbocycles. The molecule has 0 aliphatic heterocycles. The zero-order valence-corrected chi connectivity index (χ0v) is 13.8. The van der Waals surface area contributed by atoms with Crippen molar-refractivity contribution in [3.8, 4) is 0 Å². The van der Waals surface area contributed by atoms with Gasteiger partial charge in [0.05, 0.1) is 0 Å². The lowest BCUT2D eigenvalue weighted by atomic mass is 10.1. The van der Waals surface area contributed by atoms with Gasteiger partial charge in [-0.25, -0.2) is 0 Å². The van der Waals surface area contributed by atoms with Crippen LogP contribution >= 0.6 is 15.9 Å². The summed E-state index contributed by atoms with van der Waals surface area (Å²) < 4.78 is 0.672. The predicted molar refractivity (Wildman–Crippen MR) is 86.5 cm³/mol. The molecule has 21 heavy (non-hydrogen) atoms. The molecule has 1 aromatic carbocycles. The number of carbonyl (C=O) groups is 1. The van der Waals surface area contributed by atoms with Crippen molar-refractivity contribution in [2.75, 3.05) is 7.05 Å². The topological polar surface area (TPSA) is 53.2 Å². The second-order valence-corrected chi connectivity index (χ2v) is 6.13. The molecule has 0 spiro atoms. The van der Waals surface area contributed by atoms with E-state index < -0.39 is 0 Å². The summed E-state index contributed by atoms with van der Waals surface area (Å²) in [5.41, 5.74) is 3.12. The second-order valence-electron chi connectivity index (χ2n) is 5.22. The van der Waals surface area contributed by atoms with Crippen LogP contribution in [0.3, 0.4) is 0 Å². The van der Waals surface area contributed by atoms with E-state index >= 15 is 0 Å². The summed E-state index contributed by atoms with van der Waals surface area (Å²) in [6, 6.07) is 7.72. The van der Waals surface area contributed by atoms with E-state index in [2.05, 4.69) is 27.0 Å². The highest BCUT2D eigenvalue weighted by atomic mass is 79.9. The number of aromatic amines is 1. The van der Waals surface area contributed by atoms with Crippen LogP contribution in [0.5, 0.6) is 0 Å². The Hall–Kier alpha value is -1.88. The molecule has 0 saturated heterocycles. The average Bonchev–Trinajstić information content (AvgIpc) is 2.39. The van der Waals surface area contributed by atoms with Gasteiger partial charge in [0.25, 0.3) is 11.5 Å². The molecule has 1 amide bonds. The van der Waals surface area contributed by atoms with Crippen molar-refractivity contribution in [3.63, 3.8) is 0 Å². The summed E-state index contributed by atoms with van der Waals surface area (Å²) in [7, 11) is 1.69. The maximum absolute atomic E-state index is 12.4. The molecule has 2 rings (SSSR count). The van der Waals surface area contributed by atoms with Gasteiger partial charge in [-0.1, -0.05) is 29.3 Å². The third-order valence-corrected chi connectivity index (χ3v) is 3.60. The van der Waals surface area contributed by atoms with E-state index in [0.717, 1.165) is 16.7 Å². The maximum Gasteiger partial charge on any atom is 0.260 e. The molecule has 0 atom stereocenters. The van der Waals surface area contributed by atoms with Crippen molar-refractivity contribution in [3.05, 3.63) is 67.5 Å². The molecular weight excluding hydrogens is 332 g/mol. The van der Waals surface area contributed by atoms with Gasteiger partial charge >= 0.3 is 0 Å². The van der Waals surface area contributed by atoms with Crippen molar-refractivity contribution in [2.45, 2.75) is 20.4 Å². The average molecular weight is 349 g/mol. The molecule has 4 nitrogen and oxygen atoms in total. The van der Waals surface area contributed by atoms with Crippen LogP contribution in [0, 0.1) is 13.8 Å². The van der Waals surface area contributed by atoms with Crippen molar-refractivity contribution < 1.29 is 4.79 Å². The molecule has 0 radical (unpaired) electrons. The lowest BCUT2D eigenvalue weighted by Gasteiger charge is -2.17. The van der Waals surface area contributed by atoms with E-state index in [-0.39, 0.29) is 17.0 Å². The van der Waals surface area contributed by atoms with Gasteiger partial charge in [0.1, 0.15) is 5.56 Å². The highest BCUT2D eigenvalue weighted by molar-refractivity contribution is 9.10. The van der Waals surface area contributed by atoms with E-state index in [1.54, 1.807) is 18.0 Å². The van der Waals surface area contributed by atoms with Crippen LogP contribution in [0.4, 0.5) is 0 Å². The van der Waals surface area contributed by atoms with Gasteiger partial charge < -0.3 is 9.88 Å². The number of H-pyrrole nitrogens is 1. The number of halogens is 1. The molecule has 5 heteroatoms. The lowest BCUT2D eigenvalue weighted by molar-refractivity contribution is 0.0783. The largest absolute Gasteiger partial charge is 0.337 e. The van der Waals surface area contributed by atoms with Gasteiger partial charge in [0.2, 0.25) is 0 Å². The number of aromatic nitrogens is 1. The molecule has 0 fully saturated rings. The molecule has 1 aromatic heterocycles. The molecule has 0 aliphatic rings. The molecule has 110 valence electrons. The number of rotatable bonds is 3. The number of hydrogen-bond acceptors (Lipinski definition) is 2. The first-order chi connectivity index (χ1) is 9.86. The van der Waals surface area contributed by atoms with Crippen molar-refractivity contribution in [1.82, 2.24) is 9.88 Å². The van der Waals surface area contributed by atoms with Gasteiger partial charge in [0.15, 0.2) is 0 Å². The van der Waals surface area contributed by atoms with Crippen molar-refractivity contribution >= 4 is 21.8 Å². The zero-order chi connectivity index (χ0) is 15.6. The van der Waals surface area contributed by atoms with Crippen LogP contribution in [0.25, 0.3) is 0 Å². The van der Waals surface area contributed by atoms with Gasteiger partial charge in [-0.15, -0.1) is 0 Å². The second kappa shape index (κ2) is 6.26. The first kappa shape index (κ1) is 15.5. The Balaban J connectivity index is 2.23. The molecule has 0 saturated carbocycles. The minimum Gasteiger partial charge on any atom is -0.337 e. The van der Waals surface area contributed by atoms with E-state index in [4.69, 9.17) is 0 Å². The molecule has 1 heterocycles. The minimum absolute atomic E-state index is 0.135. The molecule has 0 unspecified atom stereocenters. The van der Waals surface area contributed by atoms with Gasteiger partial charge in [-0.3, -0.25) is 9.59 Å². The van der Waals surface area contributed by atoms with E-state index in [0.29, 0.717) is 11.0 Å². The van der Waals surface area contributed by atoms with E-state index in [1.807, 2.05) is 26.0 Å². The normalized spacial score (nSPS) is 10.5. The Bertz CT molecular complexity index is 717. The third kappa shape index (κ3) is 3.82. The van der Waals surface area contributed by atoms with Crippen molar-refractivity contribution in [2.24, 2.45) is 0 Å². The van der Waals surface area contributed by atoms with Crippen LogP contribution in [-0.2, 0) is 6.54 Å². The number of amides is 1. The number of benzene rings is 1. The fourth-order valence-electron chi connectivity index (χ4n) is 2.33. The summed E-state index contributed by atoms with van der Waals surface area (Å²) >= 11 is 3.26. The number of nitrogens with zero attached hydrogens (tertiary/aromatic N) is 1. The quantitative estimate of drug-likeness (QED) is 0.926.